The van der Waals surface area contributed by atoms with Crippen LogP contribution in [-0.4, -0.2) is 13.0 Å². The molecule has 0 aliphatic rings. The molecule has 4 heteroatoms. The predicted molar refractivity (Wildman–Crippen MR) is 95.5 cm³/mol. The number of ether oxygens (including phenoxy) is 1. The Labute approximate surface area is 141 Å². The van der Waals surface area contributed by atoms with Gasteiger partial charge in [0.15, 0.2) is 5.76 Å². The molecule has 124 valence electrons. The third-order valence-electron chi connectivity index (χ3n) is 4.11. The van der Waals surface area contributed by atoms with Gasteiger partial charge in [-0.2, -0.15) is 0 Å². The fourth-order valence-corrected chi connectivity index (χ4v) is 3.12. The number of fused-ring (bicyclic) bond motifs is 1. The van der Waals surface area contributed by atoms with E-state index in [0.29, 0.717) is 18.0 Å². The first kappa shape index (κ1) is 16.3. The number of hydrogen-bond acceptors (Lipinski definition) is 3. The summed E-state index contributed by atoms with van der Waals surface area (Å²) in [7, 11) is 1.61. The molecule has 4 nitrogen and oxygen atoms in total. The number of aryl methyl sites for hydroxylation is 3. The van der Waals surface area contributed by atoms with Crippen LogP contribution >= 0.6 is 0 Å². The van der Waals surface area contributed by atoms with Crippen molar-refractivity contribution in [1.29, 1.82) is 0 Å². The quantitative estimate of drug-likeness (QED) is 0.753. The molecule has 1 amide bonds. The van der Waals surface area contributed by atoms with Gasteiger partial charge in [0.05, 0.1) is 6.61 Å². The zero-order valence-corrected chi connectivity index (χ0v) is 14.4. The van der Waals surface area contributed by atoms with Crippen molar-refractivity contribution in [2.75, 3.05) is 12.4 Å². The van der Waals surface area contributed by atoms with Gasteiger partial charge < -0.3 is 14.5 Å². The maximum atomic E-state index is 12.8. The van der Waals surface area contributed by atoms with Crippen LogP contribution in [0.15, 0.2) is 40.8 Å². The number of carbonyl (C=O) groups excluding carboxylic acids is 1. The lowest BCUT2D eigenvalue weighted by molar-refractivity contribution is 0.0992. The summed E-state index contributed by atoms with van der Waals surface area (Å²) in [5.41, 5.74) is 5.52. The molecule has 1 aromatic heterocycles. The number of rotatable bonds is 4. The summed E-state index contributed by atoms with van der Waals surface area (Å²) in [5.74, 6) is 0.0470. The summed E-state index contributed by atoms with van der Waals surface area (Å²) in [4.78, 5) is 12.8. The largest absolute Gasteiger partial charge is 0.451 e. The Kier molecular flexibility index (Phi) is 4.40. The molecular formula is C20H21NO3. The Morgan fingerprint density at radius 3 is 2.46 bits per heavy atom. The molecule has 0 aliphatic carbocycles. The van der Waals surface area contributed by atoms with Crippen molar-refractivity contribution in [3.63, 3.8) is 0 Å². The summed E-state index contributed by atoms with van der Waals surface area (Å²) < 4.78 is 11.1. The second-order valence-corrected chi connectivity index (χ2v) is 6.07. The molecule has 24 heavy (non-hydrogen) atoms. The number of carbonyl (C=O) groups is 1. The predicted octanol–water partition coefficient (Wildman–Crippen LogP) is 4.76. The van der Waals surface area contributed by atoms with E-state index >= 15 is 0 Å². The fourth-order valence-electron chi connectivity index (χ4n) is 3.12. The number of anilines is 1. The molecule has 0 saturated carbocycles. The molecular weight excluding hydrogens is 302 g/mol. The zero-order chi connectivity index (χ0) is 17.3. The van der Waals surface area contributed by atoms with Gasteiger partial charge in [-0.3, -0.25) is 4.79 Å². The van der Waals surface area contributed by atoms with Gasteiger partial charge in [0.2, 0.25) is 0 Å². The van der Waals surface area contributed by atoms with Crippen molar-refractivity contribution >= 4 is 22.6 Å². The molecule has 0 bridgehead atoms. The number of para-hydroxylation sites is 1. The van der Waals surface area contributed by atoms with Crippen LogP contribution in [0.1, 0.15) is 32.8 Å². The number of nitrogens with one attached hydrogen (secondary N) is 1. The van der Waals surface area contributed by atoms with E-state index in [2.05, 4.69) is 17.4 Å². The van der Waals surface area contributed by atoms with Crippen LogP contribution in [0, 0.1) is 20.8 Å². The van der Waals surface area contributed by atoms with E-state index < -0.39 is 0 Å². The lowest BCUT2D eigenvalue weighted by atomic mass is 10.0. The topological polar surface area (TPSA) is 51.5 Å². The van der Waals surface area contributed by atoms with E-state index in [1.807, 2.05) is 45.0 Å². The highest BCUT2D eigenvalue weighted by atomic mass is 16.5. The number of methoxy groups -OCH3 is 1. The minimum Gasteiger partial charge on any atom is -0.451 e. The van der Waals surface area contributed by atoms with E-state index in [1.54, 1.807) is 7.11 Å². The molecule has 0 saturated heterocycles. The first-order valence-corrected chi connectivity index (χ1v) is 7.89. The molecule has 0 atom stereocenters. The van der Waals surface area contributed by atoms with Crippen molar-refractivity contribution in [2.45, 2.75) is 27.4 Å². The molecule has 3 rings (SSSR count). The van der Waals surface area contributed by atoms with Crippen LogP contribution in [-0.2, 0) is 11.3 Å². The summed E-state index contributed by atoms with van der Waals surface area (Å²) in [6.45, 7) is 6.35. The van der Waals surface area contributed by atoms with Crippen LogP contribution in [0.5, 0.6) is 0 Å². The van der Waals surface area contributed by atoms with Crippen LogP contribution in [0.4, 0.5) is 5.69 Å². The highest BCUT2D eigenvalue weighted by molar-refractivity contribution is 6.07. The van der Waals surface area contributed by atoms with Crippen molar-refractivity contribution in [2.24, 2.45) is 0 Å². The standard InChI is InChI=1S/C20H21NO3/c1-12-9-13(2)18(14(3)10-12)21-20(22)19-16(11-23-4)15-7-5-6-8-17(15)24-19/h5-10H,11H2,1-4H3,(H,21,22). The Morgan fingerprint density at radius 1 is 1.12 bits per heavy atom. The number of furan rings is 1. The monoisotopic (exact) mass is 323 g/mol. The number of amides is 1. The fraction of sp³-hybridized carbons (Fsp3) is 0.250. The average molecular weight is 323 g/mol. The second-order valence-electron chi connectivity index (χ2n) is 6.07. The Balaban J connectivity index is 2.02. The maximum Gasteiger partial charge on any atom is 0.291 e. The Hall–Kier alpha value is -2.59. The van der Waals surface area contributed by atoms with Gasteiger partial charge in [-0.1, -0.05) is 35.9 Å². The molecule has 0 unspecified atom stereocenters. The minimum atomic E-state index is -0.256. The van der Waals surface area contributed by atoms with E-state index in [9.17, 15) is 4.79 Å². The van der Waals surface area contributed by atoms with Crippen LogP contribution in [0.3, 0.4) is 0 Å². The Bertz CT molecular complexity index is 885. The molecule has 1 heterocycles. The molecule has 0 radical (unpaired) electrons. The van der Waals surface area contributed by atoms with E-state index in [-0.39, 0.29) is 5.91 Å². The molecule has 0 fully saturated rings. The third kappa shape index (κ3) is 2.93. The van der Waals surface area contributed by atoms with Gasteiger partial charge in [0.25, 0.3) is 5.91 Å². The van der Waals surface area contributed by atoms with Crippen molar-refractivity contribution in [3.8, 4) is 0 Å². The zero-order valence-electron chi connectivity index (χ0n) is 14.4. The van der Waals surface area contributed by atoms with Crippen molar-refractivity contribution < 1.29 is 13.9 Å². The van der Waals surface area contributed by atoms with E-state index in [1.165, 1.54) is 5.56 Å². The SMILES string of the molecule is COCc1c(C(=O)Nc2c(C)cc(C)cc2C)oc2ccccc12. The van der Waals surface area contributed by atoms with E-state index in [0.717, 1.165) is 27.8 Å². The molecule has 0 spiro atoms. The summed E-state index contributed by atoms with van der Waals surface area (Å²) in [5, 5.41) is 3.90. The lowest BCUT2D eigenvalue weighted by Gasteiger charge is -2.12. The molecule has 3 aromatic rings. The molecule has 2 aromatic carbocycles. The number of hydrogen-bond donors (Lipinski definition) is 1. The van der Waals surface area contributed by atoms with Gasteiger partial charge in [0, 0.05) is 23.7 Å². The molecule has 1 N–H and O–H groups in total. The molecule has 0 aliphatic heterocycles. The lowest BCUT2D eigenvalue weighted by Crippen LogP contribution is -2.15. The Morgan fingerprint density at radius 2 is 1.79 bits per heavy atom. The van der Waals surface area contributed by atoms with Gasteiger partial charge in [-0.05, 0) is 38.0 Å². The summed E-state index contributed by atoms with van der Waals surface area (Å²) >= 11 is 0. The first-order chi connectivity index (χ1) is 11.5. The van der Waals surface area contributed by atoms with Crippen LogP contribution in [0.25, 0.3) is 11.0 Å². The first-order valence-electron chi connectivity index (χ1n) is 7.89. The van der Waals surface area contributed by atoms with Gasteiger partial charge in [-0.25, -0.2) is 0 Å². The van der Waals surface area contributed by atoms with Crippen molar-refractivity contribution in [3.05, 3.63) is 64.4 Å². The third-order valence-corrected chi connectivity index (χ3v) is 4.11. The van der Waals surface area contributed by atoms with Gasteiger partial charge in [0.1, 0.15) is 5.58 Å². The smallest absolute Gasteiger partial charge is 0.291 e. The summed E-state index contributed by atoms with van der Waals surface area (Å²) in [6.07, 6.45) is 0. The highest BCUT2D eigenvalue weighted by Gasteiger charge is 2.21. The highest BCUT2D eigenvalue weighted by Crippen LogP contribution is 2.28. The normalized spacial score (nSPS) is 11.0. The van der Waals surface area contributed by atoms with E-state index in [4.69, 9.17) is 9.15 Å². The van der Waals surface area contributed by atoms with Gasteiger partial charge in [-0.15, -0.1) is 0 Å². The van der Waals surface area contributed by atoms with Gasteiger partial charge >= 0.3 is 0 Å². The van der Waals surface area contributed by atoms with Crippen LogP contribution in [0.2, 0.25) is 0 Å². The average Bonchev–Trinajstić information content (AvgIpc) is 2.90. The summed E-state index contributed by atoms with van der Waals surface area (Å²) in [6, 6.07) is 11.7. The number of benzene rings is 2. The van der Waals surface area contributed by atoms with Crippen molar-refractivity contribution in [1.82, 2.24) is 0 Å². The van der Waals surface area contributed by atoms with Crippen LogP contribution < -0.4 is 5.32 Å². The maximum absolute atomic E-state index is 12.8. The minimum absolute atomic E-state index is 0.256. The second kappa shape index (κ2) is 6.49.